The molecule has 1 rings (SSSR count). The van der Waals surface area contributed by atoms with Crippen LogP contribution in [0.3, 0.4) is 0 Å². The fourth-order valence-corrected chi connectivity index (χ4v) is 1.69. The number of nitrogen functional groups attached to an aromatic ring is 1. The Balaban J connectivity index is 2.51. The van der Waals surface area contributed by atoms with E-state index in [1.54, 1.807) is 18.5 Å². The average molecular weight is 237 g/mol. The number of nitrogens with zero attached hydrogens (tertiary/aromatic N) is 1. The largest absolute Gasteiger partial charge is 0.398 e. The lowest BCUT2D eigenvalue weighted by molar-refractivity contribution is 0.0596. The lowest BCUT2D eigenvalue weighted by Crippen LogP contribution is -2.41. The smallest absolute Gasteiger partial charge is 0.0785 e. The van der Waals surface area contributed by atoms with Gasteiger partial charge < -0.3 is 16.2 Å². The maximum atomic E-state index is 10.3. The van der Waals surface area contributed by atoms with Crippen molar-refractivity contribution < 1.29 is 5.11 Å². The lowest BCUT2D eigenvalue weighted by Gasteiger charge is -2.25. The van der Waals surface area contributed by atoms with Crippen molar-refractivity contribution in [3.63, 3.8) is 0 Å². The summed E-state index contributed by atoms with van der Waals surface area (Å²) in [7, 11) is 0. The van der Waals surface area contributed by atoms with Crippen LogP contribution in [-0.2, 0) is 6.42 Å². The van der Waals surface area contributed by atoms with Gasteiger partial charge >= 0.3 is 0 Å². The van der Waals surface area contributed by atoms with Crippen LogP contribution in [0.5, 0.6) is 0 Å². The van der Waals surface area contributed by atoms with Crippen molar-refractivity contribution in [2.24, 2.45) is 5.92 Å². The molecule has 1 unspecified atom stereocenters. The summed E-state index contributed by atoms with van der Waals surface area (Å²) in [6.45, 7) is 7.55. The molecule has 0 saturated carbocycles. The van der Waals surface area contributed by atoms with Crippen LogP contribution < -0.4 is 11.1 Å². The van der Waals surface area contributed by atoms with Gasteiger partial charge in [0.2, 0.25) is 0 Å². The molecule has 0 spiro atoms. The summed E-state index contributed by atoms with van der Waals surface area (Å²) >= 11 is 0. The minimum Gasteiger partial charge on any atom is -0.398 e. The van der Waals surface area contributed by atoms with Crippen LogP contribution in [0.4, 0.5) is 5.69 Å². The van der Waals surface area contributed by atoms with Gasteiger partial charge in [0.25, 0.3) is 0 Å². The van der Waals surface area contributed by atoms with Crippen molar-refractivity contribution in [2.45, 2.75) is 32.8 Å². The number of anilines is 1. The van der Waals surface area contributed by atoms with Crippen LogP contribution in [0.15, 0.2) is 18.5 Å². The molecule has 4 N–H and O–H groups in total. The van der Waals surface area contributed by atoms with E-state index < -0.39 is 5.60 Å². The Morgan fingerprint density at radius 1 is 1.53 bits per heavy atom. The van der Waals surface area contributed by atoms with Gasteiger partial charge in [0.05, 0.1) is 5.60 Å². The molecule has 17 heavy (non-hydrogen) atoms. The van der Waals surface area contributed by atoms with Gasteiger partial charge in [-0.3, -0.25) is 4.98 Å². The highest BCUT2D eigenvalue weighted by atomic mass is 16.3. The first-order chi connectivity index (χ1) is 7.91. The molecule has 0 aliphatic heterocycles. The number of nitrogens with one attached hydrogen (secondary N) is 1. The Morgan fingerprint density at radius 2 is 2.24 bits per heavy atom. The Bertz CT molecular complexity index is 350. The molecule has 0 bridgehead atoms. The molecule has 0 aliphatic carbocycles. The maximum Gasteiger partial charge on any atom is 0.0785 e. The fraction of sp³-hybridized carbons (Fsp3) is 0.615. The zero-order valence-electron chi connectivity index (χ0n) is 10.9. The van der Waals surface area contributed by atoms with Gasteiger partial charge in [-0.05, 0) is 31.0 Å². The molecule has 1 heterocycles. The summed E-state index contributed by atoms with van der Waals surface area (Å²) in [6, 6.07) is 1.76. The standard InChI is InChI=1S/C13H23N3O/c1-10(2)7-16-9-13(3,17)6-11-8-15-5-4-12(11)14/h4-5,8,10,16-17H,6-7,9H2,1-3H3,(H2,14,15). The third-order valence-electron chi connectivity index (χ3n) is 2.57. The average Bonchev–Trinajstić information content (AvgIpc) is 2.20. The van der Waals surface area contributed by atoms with Crippen LogP contribution in [0.25, 0.3) is 0 Å². The van der Waals surface area contributed by atoms with Gasteiger partial charge in [0.1, 0.15) is 0 Å². The number of hydrogen-bond acceptors (Lipinski definition) is 4. The number of hydrogen-bond donors (Lipinski definition) is 3. The van der Waals surface area contributed by atoms with Crippen molar-refractivity contribution in [3.05, 3.63) is 24.0 Å². The van der Waals surface area contributed by atoms with Crippen molar-refractivity contribution in [1.82, 2.24) is 10.3 Å². The van der Waals surface area contributed by atoms with E-state index in [0.717, 1.165) is 12.1 Å². The third-order valence-corrected chi connectivity index (χ3v) is 2.57. The first-order valence-corrected chi connectivity index (χ1v) is 6.02. The minimum absolute atomic E-state index is 0.512. The number of aliphatic hydroxyl groups is 1. The highest BCUT2D eigenvalue weighted by Gasteiger charge is 2.21. The summed E-state index contributed by atoms with van der Waals surface area (Å²) in [4.78, 5) is 4.03. The van der Waals surface area contributed by atoms with Crippen LogP contribution in [-0.4, -0.2) is 28.8 Å². The Labute approximate surface area is 103 Å². The van der Waals surface area contributed by atoms with Crippen molar-refractivity contribution >= 4 is 5.69 Å². The summed E-state index contributed by atoms with van der Waals surface area (Å²) < 4.78 is 0. The first kappa shape index (κ1) is 13.9. The highest BCUT2D eigenvalue weighted by molar-refractivity contribution is 5.44. The second kappa shape index (κ2) is 5.98. The molecule has 0 aliphatic rings. The minimum atomic E-state index is -0.800. The molecular formula is C13H23N3O. The topological polar surface area (TPSA) is 71.2 Å². The molecule has 4 heteroatoms. The Hall–Kier alpha value is -1.13. The van der Waals surface area contributed by atoms with Gasteiger partial charge in [0, 0.05) is 31.0 Å². The Morgan fingerprint density at radius 3 is 2.82 bits per heavy atom. The molecule has 0 amide bonds. The van der Waals surface area contributed by atoms with Crippen LogP contribution in [0.1, 0.15) is 26.3 Å². The van der Waals surface area contributed by atoms with Gasteiger partial charge in [-0.15, -0.1) is 0 Å². The first-order valence-electron chi connectivity index (χ1n) is 6.02. The predicted octanol–water partition coefficient (Wildman–Crippen LogP) is 1.20. The molecule has 0 aromatic carbocycles. The van der Waals surface area contributed by atoms with E-state index in [1.807, 2.05) is 6.92 Å². The predicted molar refractivity (Wildman–Crippen MR) is 70.7 cm³/mol. The van der Waals surface area contributed by atoms with E-state index in [0.29, 0.717) is 24.6 Å². The molecule has 0 fully saturated rings. The lowest BCUT2D eigenvalue weighted by atomic mass is 9.96. The molecule has 1 atom stereocenters. The monoisotopic (exact) mass is 237 g/mol. The maximum absolute atomic E-state index is 10.3. The van der Waals surface area contributed by atoms with Crippen LogP contribution in [0, 0.1) is 5.92 Å². The number of aromatic nitrogens is 1. The number of rotatable bonds is 6. The zero-order valence-corrected chi connectivity index (χ0v) is 10.9. The molecule has 0 saturated heterocycles. The third kappa shape index (κ3) is 5.15. The molecule has 1 aromatic heterocycles. The van der Waals surface area contributed by atoms with E-state index >= 15 is 0 Å². The molecule has 1 aromatic rings. The summed E-state index contributed by atoms with van der Waals surface area (Å²) in [5.74, 6) is 0.578. The second-order valence-corrected chi connectivity index (χ2v) is 5.27. The number of pyridine rings is 1. The van der Waals surface area contributed by atoms with E-state index in [9.17, 15) is 5.11 Å². The van der Waals surface area contributed by atoms with E-state index in [-0.39, 0.29) is 0 Å². The molecule has 96 valence electrons. The van der Waals surface area contributed by atoms with Crippen molar-refractivity contribution in [1.29, 1.82) is 0 Å². The summed E-state index contributed by atoms with van der Waals surface area (Å²) in [6.07, 6.45) is 3.88. The number of nitrogens with two attached hydrogens (primary N) is 1. The molecule has 0 radical (unpaired) electrons. The normalized spacial score (nSPS) is 14.9. The van der Waals surface area contributed by atoms with Crippen LogP contribution in [0.2, 0.25) is 0 Å². The summed E-state index contributed by atoms with van der Waals surface area (Å²) in [5, 5.41) is 13.5. The van der Waals surface area contributed by atoms with E-state index in [1.165, 1.54) is 0 Å². The van der Waals surface area contributed by atoms with Crippen molar-refractivity contribution in [3.8, 4) is 0 Å². The SMILES string of the molecule is CC(C)CNCC(C)(O)Cc1cnccc1N. The van der Waals surface area contributed by atoms with Gasteiger partial charge in [0.15, 0.2) is 0 Å². The molecule has 4 nitrogen and oxygen atoms in total. The van der Waals surface area contributed by atoms with E-state index in [2.05, 4.69) is 24.1 Å². The van der Waals surface area contributed by atoms with Gasteiger partial charge in [-0.2, -0.15) is 0 Å². The van der Waals surface area contributed by atoms with Gasteiger partial charge in [-0.25, -0.2) is 0 Å². The Kier molecular flexibility index (Phi) is 4.90. The summed E-state index contributed by atoms with van der Waals surface area (Å²) in [5.41, 5.74) is 6.61. The second-order valence-electron chi connectivity index (χ2n) is 5.27. The zero-order chi connectivity index (χ0) is 12.9. The van der Waals surface area contributed by atoms with Crippen molar-refractivity contribution in [2.75, 3.05) is 18.8 Å². The fourth-order valence-electron chi connectivity index (χ4n) is 1.69. The molecular weight excluding hydrogens is 214 g/mol. The highest BCUT2D eigenvalue weighted by Crippen LogP contribution is 2.17. The van der Waals surface area contributed by atoms with Crippen LogP contribution >= 0.6 is 0 Å². The quantitative estimate of drug-likeness (QED) is 0.695. The van der Waals surface area contributed by atoms with Gasteiger partial charge in [-0.1, -0.05) is 13.8 Å². The van der Waals surface area contributed by atoms with E-state index in [4.69, 9.17) is 5.73 Å².